The van der Waals surface area contributed by atoms with Crippen molar-refractivity contribution >= 4 is 34.5 Å². The molecular weight excluding hydrogens is 264 g/mol. The van der Waals surface area contributed by atoms with Crippen LogP contribution in [0.2, 0.25) is 5.02 Å². The number of halogens is 1. The van der Waals surface area contributed by atoms with Crippen LogP contribution in [0.15, 0.2) is 18.2 Å². The number of anilines is 1. The number of hydrogen-bond donors (Lipinski definition) is 2. The van der Waals surface area contributed by atoms with Crippen LogP contribution in [-0.4, -0.2) is 21.5 Å². The Morgan fingerprint density at radius 3 is 3.05 bits per heavy atom. The highest BCUT2D eigenvalue weighted by Crippen LogP contribution is 2.22. The molecule has 1 amide bonds. The van der Waals surface area contributed by atoms with Crippen LogP contribution in [0.3, 0.4) is 0 Å². The highest BCUT2D eigenvalue weighted by molar-refractivity contribution is 6.31. The minimum absolute atomic E-state index is 0.0673. The maximum absolute atomic E-state index is 11.7. The number of aromatic nitrogens is 2. The van der Waals surface area contributed by atoms with Gasteiger partial charge in [0.1, 0.15) is 0 Å². The van der Waals surface area contributed by atoms with Gasteiger partial charge in [0.05, 0.1) is 11.0 Å². The number of amides is 1. The number of carbonyl (C=O) groups excluding carboxylic acids is 1. The zero-order valence-electron chi connectivity index (χ0n) is 10.4. The SMILES string of the molecule is Nc1nc2cc(Cl)ccc2n1CCC(=O)NC1CC1. The molecule has 1 aliphatic rings. The molecule has 6 heteroatoms. The smallest absolute Gasteiger partial charge is 0.222 e. The van der Waals surface area contributed by atoms with Crippen LogP contribution in [0, 0.1) is 0 Å². The Morgan fingerprint density at radius 1 is 1.53 bits per heavy atom. The van der Waals surface area contributed by atoms with Crippen molar-refractivity contribution in [3.63, 3.8) is 0 Å². The molecule has 1 aromatic carbocycles. The zero-order chi connectivity index (χ0) is 13.4. The van der Waals surface area contributed by atoms with E-state index in [-0.39, 0.29) is 5.91 Å². The number of aryl methyl sites for hydroxylation is 1. The van der Waals surface area contributed by atoms with Gasteiger partial charge in [0.2, 0.25) is 11.9 Å². The lowest BCUT2D eigenvalue weighted by Crippen LogP contribution is -2.26. The van der Waals surface area contributed by atoms with Crippen molar-refractivity contribution in [2.75, 3.05) is 5.73 Å². The molecule has 0 aliphatic heterocycles. The van der Waals surface area contributed by atoms with Gasteiger partial charge in [-0.3, -0.25) is 4.79 Å². The third-order valence-corrected chi connectivity index (χ3v) is 3.48. The highest BCUT2D eigenvalue weighted by atomic mass is 35.5. The number of benzene rings is 1. The average Bonchev–Trinajstić information content (AvgIpc) is 3.10. The third-order valence-electron chi connectivity index (χ3n) is 3.24. The molecule has 3 rings (SSSR count). The lowest BCUT2D eigenvalue weighted by molar-refractivity contribution is -0.121. The first kappa shape index (κ1) is 12.3. The Bertz CT molecular complexity index is 633. The number of nitrogen functional groups attached to an aromatic ring is 1. The van der Waals surface area contributed by atoms with E-state index >= 15 is 0 Å². The van der Waals surface area contributed by atoms with Crippen LogP contribution in [0.1, 0.15) is 19.3 Å². The fourth-order valence-corrected chi connectivity index (χ4v) is 2.26. The molecule has 1 aromatic heterocycles. The minimum Gasteiger partial charge on any atom is -0.369 e. The van der Waals surface area contributed by atoms with Crippen LogP contribution < -0.4 is 11.1 Å². The highest BCUT2D eigenvalue weighted by Gasteiger charge is 2.23. The molecule has 0 unspecified atom stereocenters. The van der Waals surface area contributed by atoms with E-state index in [4.69, 9.17) is 17.3 Å². The number of fused-ring (bicyclic) bond motifs is 1. The second kappa shape index (κ2) is 4.74. The standard InChI is InChI=1S/C13H15ClN4O/c14-8-1-4-11-10(7-8)17-13(15)18(11)6-5-12(19)16-9-2-3-9/h1,4,7,9H,2-3,5-6H2,(H2,15,17)(H,16,19). The summed E-state index contributed by atoms with van der Waals surface area (Å²) in [5.74, 6) is 0.481. The van der Waals surface area contributed by atoms with Gasteiger partial charge >= 0.3 is 0 Å². The number of nitrogens with one attached hydrogen (secondary N) is 1. The van der Waals surface area contributed by atoms with Crippen LogP contribution in [0.5, 0.6) is 0 Å². The van der Waals surface area contributed by atoms with Crippen LogP contribution in [0.25, 0.3) is 11.0 Å². The Hall–Kier alpha value is -1.75. The Balaban J connectivity index is 1.76. The predicted molar refractivity (Wildman–Crippen MR) is 74.9 cm³/mol. The number of imidazole rings is 1. The van der Waals surface area contributed by atoms with Gasteiger partial charge in [-0.1, -0.05) is 11.6 Å². The number of carbonyl (C=O) groups is 1. The Morgan fingerprint density at radius 2 is 2.32 bits per heavy atom. The van der Waals surface area contributed by atoms with Crippen molar-refractivity contribution in [3.05, 3.63) is 23.2 Å². The molecule has 1 aliphatic carbocycles. The number of nitrogens with zero attached hydrogens (tertiary/aromatic N) is 2. The second-order valence-electron chi connectivity index (χ2n) is 4.85. The number of nitrogens with two attached hydrogens (primary N) is 1. The first-order valence-corrected chi connectivity index (χ1v) is 6.72. The molecule has 1 heterocycles. The summed E-state index contributed by atoms with van der Waals surface area (Å²) in [5.41, 5.74) is 7.54. The number of rotatable bonds is 4. The first-order valence-electron chi connectivity index (χ1n) is 6.34. The molecule has 0 spiro atoms. The van der Waals surface area contributed by atoms with E-state index < -0.39 is 0 Å². The molecule has 2 aromatic rings. The van der Waals surface area contributed by atoms with E-state index in [0.717, 1.165) is 23.9 Å². The molecule has 1 saturated carbocycles. The summed E-state index contributed by atoms with van der Waals surface area (Å²) in [6.07, 6.45) is 2.61. The van der Waals surface area contributed by atoms with Gasteiger partial charge in [-0.15, -0.1) is 0 Å². The average molecular weight is 279 g/mol. The van der Waals surface area contributed by atoms with Gasteiger partial charge in [-0.2, -0.15) is 0 Å². The molecule has 0 saturated heterocycles. The van der Waals surface area contributed by atoms with E-state index in [0.29, 0.717) is 30.0 Å². The molecule has 1 fully saturated rings. The van der Waals surface area contributed by atoms with Gasteiger partial charge in [0.25, 0.3) is 0 Å². The van der Waals surface area contributed by atoms with Crippen molar-refractivity contribution in [3.8, 4) is 0 Å². The first-order chi connectivity index (χ1) is 9.13. The molecular formula is C13H15ClN4O. The van der Waals surface area contributed by atoms with Gasteiger partial charge in [0.15, 0.2) is 0 Å². The minimum atomic E-state index is 0.0673. The maximum Gasteiger partial charge on any atom is 0.222 e. The lowest BCUT2D eigenvalue weighted by Gasteiger charge is -2.07. The maximum atomic E-state index is 11.7. The fourth-order valence-electron chi connectivity index (χ4n) is 2.10. The van der Waals surface area contributed by atoms with Crippen LogP contribution in [-0.2, 0) is 11.3 Å². The summed E-state index contributed by atoms with van der Waals surface area (Å²) in [6.45, 7) is 0.530. The molecule has 0 bridgehead atoms. The molecule has 19 heavy (non-hydrogen) atoms. The molecule has 5 nitrogen and oxygen atoms in total. The topological polar surface area (TPSA) is 72.9 Å². The van der Waals surface area contributed by atoms with Crippen molar-refractivity contribution in [1.29, 1.82) is 0 Å². The summed E-state index contributed by atoms with van der Waals surface area (Å²) >= 11 is 5.92. The Kier molecular flexibility index (Phi) is 3.06. The summed E-state index contributed by atoms with van der Waals surface area (Å²) < 4.78 is 1.85. The van der Waals surface area contributed by atoms with Crippen molar-refractivity contribution in [2.45, 2.75) is 31.8 Å². The van der Waals surface area contributed by atoms with Gasteiger partial charge in [-0.25, -0.2) is 4.98 Å². The van der Waals surface area contributed by atoms with Crippen LogP contribution >= 0.6 is 11.6 Å². The summed E-state index contributed by atoms with van der Waals surface area (Å²) in [4.78, 5) is 15.9. The normalized spacial score (nSPS) is 14.8. The van der Waals surface area contributed by atoms with E-state index in [1.165, 1.54) is 0 Å². The second-order valence-corrected chi connectivity index (χ2v) is 5.28. The van der Waals surface area contributed by atoms with Crippen molar-refractivity contribution in [2.24, 2.45) is 0 Å². The van der Waals surface area contributed by atoms with Gasteiger partial charge in [0, 0.05) is 24.0 Å². The van der Waals surface area contributed by atoms with Gasteiger partial charge < -0.3 is 15.6 Å². The van der Waals surface area contributed by atoms with E-state index in [1.807, 2.05) is 10.6 Å². The van der Waals surface area contributed by atoms with Crippen LogP contribution in [0.4, 0.5) is 5.95 Å². The molecule has 0 atom stereocenters. The molecule has 3 N–H and O–H groups in total. The third kappa shape index (κ3) is 2.66. The van der Waals surface area contributed by atoms with Gasteiger partial charge in [-0.05, 0) is 31.0 Å². The largest absolute Gasteiger partial charge is 0.369 e. The molecule has 100 valence electrons. The number of hydrogen-bond acceptors (Lipinski definition) is 3. The van der Waals surface area contributed by atoms with E-state index in [2.05, 4.69) is 10.3 Å². The van der Waals surface area contributed by atoms with Crippen molar-refractivity contribution in [1.82, 2.24) is 14.9 Å². The lowest BCUT2D eigenvalue weighted by atomic mass is 10.3. The Labute approximate surface area is 115 Å². The monoisotopic (exact) mass is 278 g/mol. The quantitative estimate of drug-likeness (QED) is 0.898. The van der Waals surface area contributed by atoms with E-state index in [9.17, 15) is 4.79 Å². The zero-order valence-corrected chi connectivity index (χ0v) is 11.2. The van der Waals surface area contributed by atoms with E-state index in [1.54, 1.807) is 12.1 Å². The summed E-state index contributed by atoms with van der Waals surface area (Å²) in [6, 6.07) is 5.84. The summed E-state index contributed by atoms with van der Waals surface area (Å²) in [7, 11) is 0. The predicted octanol–water partition coefficient (Wildman–Crippen LogP) is 1.94. The fraction of sp³-hybridized carbons (Fsp3) is 0.385. The van der Waals surface area contributed by atoms with Crippen molar-refractivity contribution < 1.29 is 4.79 Å². The summed E-state index contributed by atoms with van der Waals surface area (Å²) in [5, 5.41) is 3.59. The molecule has 0 radical (unpaired) electrons.